The molecule has 10 heteroatoms. The number of benzene rings is 2. The Morgan fingerprint density at radius 1 is 1.23 bits per heavy atom. The van der Waals surface area contributed by atoms with E-state index in [9.17, 15) is 22.8 Å². The van der Waals surface area contributed by atoms with Crippen LogP contribution in [0.15, 0.2) is 41.2 Å². The molecule has 0 radical (unpaired) electrons. The largest absolute Gasteiger partial charge is 0.484 e. The van der Waals surface area contributed by atoms with E-state index >= 15 is 0 Å². The fourth-order valence-corrected chi connectivity index (χ4v) is 3.54. The molecule has 0 unspecified atom stereocenters. The van der Waals surface area contributed by atoms with Gasteiger partial charge in [-0.15, -0.1) is 0 Å². The van der Waals surface area contributed by atoms with E-state index in [1.54, 1.807) is 16.7 Å². The second-order valence-corrected chi connectivity index (χ2v) is 7.20. The molecule has 1 aliphatic heterocycles. The number of nitrogens with one attached hydrogen (secondary N) is 1. The Hall–Kier alpha value is -3.07. The number of fused-ring (bicyclic) bond motifs is 2. The fraction of sp³-hybridized carbons (Fsp3) is 0.250. The molecule has 0 aliphatic carbocycles. The first kappa shape index (κ1) is 20.2. The van der Waals surface area contributed by atoms with Gasteiger partial charge in [-0.25, -0.2) is 4.98 Å². The summed E-state index contributed by atoms with van der Waals surface area (Å²) in [6.07, 6.45) is -3.02. The van der Waals surface area contributed by atoms with Gasteiger partial charge in [-0.1, -0.05) is 11.6 Å². The predicted molar refractivity (Wildman–Crippen MR) is 105 cm³/mol. The predicted octanol–water partition coefficient (Wildman–Crippen LogP) is 4.03. The standard InChI is InChI=1S/C20H15ClF3N3O3/c21-15-5-3-11(8-14(15)20(22,23)24)25-18(28)10-30-12-4-6-16-13(9-12)19(29)27-7-1-2-17(27)26-16/h3-6,8-9H,1-2,7,10H2,(H,25,28). The van der Waals surface area contributed by atoms with E-state index in [0.29, 0.717) is 17.4 Å². The lowest BCUT2D eigenvalue weighted by Gasteiger charge is -2.12. The van der Waals surface area contributed by atoms with Crippen molar-refractivity contribution in [2.45, 2.75) is 25.6 Å². The van der Waals surface area contributed by atoms with Crippen molar-refractivity contribution >= 4 is 34.1 Å². The molecule has 1 aliphatic rings. The lowest BCUT2D eigenvalue weighted by Crippen LogP contribution is -2.22. The van der Waals surface area contributed by atoms with Gasteiger partial charge in [0.2, 0.25) is 0 Å². The molecule has 4 rings (SSSR count). The van der Waals surface area contributed by atoms with Crippen LogP contribution in [0.25, 0.3) is 10.9 Å². The fourth-order valence-electron chi connectivity index (χ4n) is 3.32. The Balaban J connectivity index is 1.47. The maximum Gasteiger partial charge on any atom is 0.417 e. The van der Waals surface area contributed by atoms with Crippen molar-refractivity contribution in [2.24, 2.45) is 0 Å². The van der Waals surface area contributed by atoms with Gasteiger partial charge in [0.05, 0.1) is 21.5 Å². The number of hydrogen-bond acceptors (Lipinski definition) is 4. The molecule has 0 atom stereocenters. The van der Waals surface area contributed by atoms with Gasteiger partial charge in [0.15, 0.2) is 6.61 Å². The van der Waals surface area contributed by atoms with E-state index in [2.05, 4.69) is 10.3 Å². The molecule has 30 heavy (non-hydrogen) atoms. The minimum atomic E-state index is -4.64. The van der Waals surface area contributed by atoms with Gasteiger partial charge >= 0.3 is 6.18 Å². The third-order valence-corrected chi connectivity index (χ3v) is 5.04. The molecule has 0 saturated carbocycles. The maximum absolute atomic E-state index is 12.9. The van der Waals surface area contributed by atoms with Gasteiger partial charge in [0.1, 0.15) is 11.6 Å². The van der Waals surface area contributed by atoms with Crippen LogP contribution in [0.1, 0.15) is 17.8 Å². The number of carbonyl (C=O) groups is 1. The number of nitrogens with zero attached hydrogens (tertiary/aromatic N) is 2. The van der Waals surface area contributed by atoms with Crippen molar-refractivity contribution in [3.05, 3.63) is 63.2 Å². The number of anilines is 1. The van der Waals surface area contributed by atoms with E-state index in [4.69, 9.17) is 16.3 Å². The number of carbonyl (C=O) groups excluding carboxylic acids is 1. The Bertz CT molecular complexity index is 1210. The van der Waals surface area contributed by atoms with E-state index in [1.807, 2.05) is 0 Å². The lowest BCUT2D eigenvalue weighted by molar-refractivity contribution is -0.137. The number of rotatable bonds is 4. The summed E-state index contributed by atoms with van der Waals surface area (Å²) in [7, 11) is 0. The first-order valence-electron chi connectivity index (χ1n) is 9.05. The summed E-state index contributed by atoms with van der Waals surface area (Å²) in [5.74, 6) is 0.373. The van der Waals surface area contributed by atoms with Crippen LogP contribution in [-0.4, -0.2) is 22.1 Å². The Morgan fingerprint density at radius 2 is 2.03 bits per heavy atom. The molecule has 0 fully saturated rings. The van der Waals surface area contributed by atoms with Crippen LogP contribution in [-0.2, 0) is 23.9 Å². The molecule has 156 valence electrons. The van der Waals surface area contributed by atoms with Crippen LogP contribution < -0.4 is 15.6 Å². The third kappa shape index (κ3) is 3.97. The molecule has 6 nitrogen and oxygen atoms in total. The third-order valence-electron chi connectivity index (χ3n) is 4.71. The minimum Gasteiger partial charge on any atom is -0.484 e. The van der Waals surface area contributed by atoms with Crippen molar-refractivity contribution in [1.82, 2.24) is 9.55 Å². The van der Waals surface area contributed by atoms with Crippen LogP contribution in [0.4, 0.5) is 18.9 Å². The Kier molecular flexibility index (Phi) is 5.15. The van der Waals surface area contributed by atoms with Crippen LogP contribution in [0.5, 0.6) is 5.75 Å². The number of aromatic nitrogens is 2. The Labute approximate surface area is 173 Å². The monoisotopic (exact) mass is 437 g/mol. The highest BCUT2D eigenvalue weighted by Crippen LogP contribution is 2.36. The lowest BCUT2D eigenvalue weighted by atomic mass is 10.2. The highest BCUT2D eigenvalue weighted by atomic mass is 35.5. The minimum absolute atomic E-state index is 0.0585. The van der Waals surface area contributed by atoms with E-state index in [-0.39, 0.29) is 17.0 Å². The topological polar surface area (TPSA) is 73.2 Å². The zero-order valence-electron chi connectivity index (χ0n) is 15.4. The first-order chi connectivity index (χ1) is 14.2. The van der Waals surface area contributed by atoms with Crippen molar-refractivity contribution in [2.75, 3.05) is 11.9 Å². The van der Waals surface area contributed by atoms with Crippen molar-refractivity contribution in [3.63, 3.8) is 0 Å². The Morgan fingerprint density at radius 3 is 2.80 bits per heavy atom. The maximum atomic E-state index is 12.9. The number of ether oxygens (including phenoxy) is 1. The van der Waals surface area contributed by atoms with Gasteiger partial charge in [0, 0.05) is 18.7 Å². The number of hydrogen-bond donors (Lipinski definition) is 1. The molecule has 1 aromatic heterocycles. The summed E-state index contributed by atoms with van der Waals surface area (Å²) in [4.78, 5) is 29.1. The van der Waals surface area contributed by atoms with Gasteiger partial charge in [0.25, 0.3) is 11.5 Å². The molecule has 2 aromatic carbocycles. The summed E-state index contributed by atoms with van der Waals surface area (Å²) < 4.78 is 45.8. The number of aryl methyl sites for hydroxylation is 1. The van der Waals surface area contributed by atoms with E-state index in [1.165, 1.54) is 12.1 Å². The molecule has 1 N–H and O–H groups in total. The van der Waals surface area contributed by atoms with Crippen molar-refractivity contribution < 1.29 is 22.7 Å². The molecule has 0 spiro atoms. The van der Waals surface area contributed by atoms with E-state index in [0.717, 1.165) is 30.8 Å². The quantitative estimate of drug-likeness (QED) is 0.668. The number of halogens is 4. The molecule has 0 saturated heterocycles. The zero-order chi connectivity index (χ0) is 21.5. The van der Waals surface area contributed by atoms with E-state index < -0.39 is 29.3 Å². The van der Waals surface area contributed by atoms with Crippen LogP contribution in [0, 0.1) is 0 Å². The SMILES string of the molecule is O=C(COc1ccc2nc3n(c(=O)c2c1)CCC3)Nc1ccc(Cl)c(C(F)(F)F)c1. The summed E-state index contributed by atoms with van der Waals surface area (Å²) in [6, 6.07) is 7.80. The van der Waals surface area contributed by atoms with Crippen LogP contribution in [0.3, 0.4) is 0 Å². The summed E-state index contributed by atoms with van der Waals surface area (Å²) >= 11 is 5.56. The molecule has 1 amide bonds. The highest BCUT2D eigenvalue weighted by Gasteiger charge is 2.33. The average Bonchev–Trinajstić information content (AvgIpc) is 3.16. The van der Waals surface area contributed by atoms with Gasteiger partial charge in [-0.3, -0.25) is 14.2 Å². The molecular formula is C20H15ClF3N3O3. The summed E-state index contributed by atoms with van der Waals surface area (Å²) in [6.45, 7) is 0.167. The van der Waals surface area contributed by atoms with Crippen molar-refractivity contribution in [3.8, 4) is 5.75 Å². The second kappa shape index (κ2) is 7.64. The molecule has 0 bridgehead atoms. The van der Waals surface area contributed by atoms with Crippen molar-refractivity contribution in [1.29, 1.82) is 0 Å². The number of amides is 1. The van der Waals surface area contributed by atoms with Crippen LogP contribution >= 0.6 is 11.6 Å². The second-order valence-electron chi connectivity index (χ2n) is 6.80. The van der Waals surface area contributed by atoms with Gasteiger partial charge < -0.3 is 10.1 Å². The normalized spacial score (nSPS) is 13.3. The van der Waals surface area contributed by atoms with Gasteiger partial charge in [-0.2, -0.15) is 13.2 Å². The molecule has 3 aromatic rings. The highest BCUT2D eigenvalue weighted by molar-refractivity contribution is 6.31. The van der Waals surface area contributed by atoms with Crippen LogP contribution in [0.2, 0.25) is 5.02 Å². The zero-order valence-corrected chi connectivity index (χ0v) is 16.2. The molecule has 2 heterocycles. The van der Waals surface area contributed by atoms with Gasteiger partial charge in [-0.05, 0) is 42.8 Å². The molecular weight excluding hydrogens is 423 g/mol. The average molecular weight is 438 g/mol. The summed E-state index contributed by atoms with van der Waals surface area (Å²) in [5.41, 5.74) is -0.719. The smallest absolute Gasteiger partial charge is 0.417 e. The summed E-state index contributed by atoms with van der Waals surface area (Å²) in [5, 5.41) is 2.26. The first-order valence-corrected chi connectivity index (χ1v) is 9.43. The number of alkyl halides is 3.